The van der Waals surface area contributed by atoms with Crippen LogP contribution in [0.5, 0.6) is 5.75 Å². The van der Waals surface area contributed by atoms with Crippen LogP contribution in [0.4, 0.5) is 8.78 Å². The zero-order chi connectivity index (χ0) is 29.0. The van der Waals surface area contributed by atoms with E-state index < -0.39 is 6.43 Å². The van der Waals surface area contributed by atoms with Crippen LogP contribution in [0.1, 0.15) is 77.2 Å². The third-order valence-corrected chi connectivity index (χ3v) is 7.53. The molecule has 1 aliphatic rings. The molecular formula is C31H35F2N5O2. The van der Waals surface area contributed by atoms with E-state index in [1.54, 1.807) is 24.0 Å². The highest BCUT2D eigenvalue weighted by Gasteiger charge is 2.32. The number of ether oxygens (including phenoxy) is 1. The van der Waals surface area contributed by atoms with Gasteiger partial charge in [-0.1, -0.05) is 13.0 Å². The van der Waals surface area contributed by atoms with E-state index in [1.807, 2.05) is 33.0 Å². The molecule has 4 rings (SSSR count). The summed E-state index contributed by atoms with van der Waals surface area (Å²) in [6, 6.07) is 8.99. The van der Waals surface area contributed by atoms with Crippen molar-refractivity contribution in [2.24, 2.45) is 0 Å². The van der Waals surface area contributed by atoms with Crippen molar-refractivity contribution < 1.29 is 18.3 Å². The first-order valence-corrected chi connectivity index (χ1v) is 13.6. The molecule has 0 spiro atoms. The summed E-state index contributed by atoms with van der Waals surface area (Å²) in [5.74, 6) is 0.262. The highest BCUT2D eigenvalue weighted by molar-refractivity contribution is 5.99. The molecule has 3 aromatic rings. The first-order valence-electron chi connectivity index (χ1n) is 13.6. The molecule has 0 fully saturated rings. The molecule has 1 aliphatic heterocycles. The Labute approximate surface area is 234 Å². The number of aromatic nitrogens is 2. The second kappa shape index (κ2) is 12.5. The Morgan fingerprint density at radius 3 is 2.55 bits per heavy atom. The lowest BCUT2D eigenvalue weighted by atomic mass is 9.85. The molecular weight excluding hydrogens is 512 g/mol. The van der Waals surface area contributed by atoms with Crippen LogP contribution >= 0.6 is 0 Å². The lowest BCUT2D eigenvalue weighted by molar-refractivity contribution is 0.0669. The maximum absolute atomic E-state index is 14.1. The summed E-state index contributed by atoms with van der Waals surface area (Å²) in [6.07, 6.45) is 1.21. The Morgan fingerprint density at radius 1 is 1.12 bits per heavy atom. The number of rotatable bonds is 10. The quantitative estimate of drug-likeness (QED) is 0.314. The zero-order valence-electron chi connectivity index (χ0n) is 23.7. The van der Waals surface area contributed by atoms with Crippen LogP contribution in [0.15, 0.2) is 36.7 Å². The average Bonchev–Trinajstić information content (AvgIpc) is 2.95. The lowest BCUT2D eigenvalue weighted by Gasteiger charge is -2.35. The predicted octanol–water partition coefficient (Wildman–Crippen LogP) is 5.91. The van der Waals surface area contributed by atoms with Gasteiger partial charge in [0, 0.05) is 48.4 Å². The minimum Gasteiger partial charge on any atom is -0.492 e. The molecule has 9 heteroatoms. The maximum atomic E-state index is 14.1. The van der Waals surface area contributed by atoms with Gasteiger partial charge in [-0.3, -0.25) is 14.8 Å². The summed E-state index contributed by atoms with van der Waals surface area (Å²) in [4.78, 5) is 26.5. The zero-order valence-corrected chi connectivity index (χ0v) is 23.7. The van der Waals surface area contributed by atoms with Gasteiger partial charge in [-0.15, -0.1) is 0 Å². The number of fused-ring (bicyclic) bond motifs is 1. The fourth-order valence-electron chi connectivity index (χ4n) is 5.09. The smallest absolute Gasteiger partial charge is 0.265 e. The van der Waals surface area contributed by atoms with Crippen molar-refractivity contribution in [2.45, 2.75) is 53.0 Å². The summed E-state index contributed by atoms with van der Waals surface area (Å²) in [6.45, 7) is 10.0. The number of carbonyl (C=O) groups is 1. The van der Waals surface area contributed by atoms with Crippen LogP contribution < -0.4 is 4.74 Å². The van der Waals surface area contributed by atoms with E-state index in [9.17, 15) is 18.8 Å². The van der Waals surface area contributed by atoms with Gasteiger partial charge in [0.1, 0.15) is 17.4 Å². The number of likely N-dealkylation sites (N-methyl/N-ethyl adjacent to an activating group) is 1. The molecule has 7 nitrogen and oxygen atoms in total. The Bertz CT molecular complexity index is 1440. The monoisotopic (exact) mass is 547 g/mol. The van der Waals surface area contributed by atoms with E-state index in [-0.39, 0.29) is 17.5 Å². The number of nitrogens with zero attached hydrogens (tertiary/aromatic N) is 5. The third-order valence-electron chi connectivity index (χ3n) is 7.53. The number of halogens is 2. The SMILES string of the molecule is CCOc1cc(C(C)N2CCc3c(cc(CCN(C)CC)cc3-c3cc(C)ncc3C(F)F)C2=O)ncc1C#N. The van der Waals surface area contributed by atoms with Gasteiger partial charge in [0.15, 0.2) is 0 Å². The molecule has 0 aliphatic carbocycles. The Balaban J connectivity index is 1.79. The number of pyridine rings is 2. The van der Waals surface area contributed by atoms with E-state index in [2.05, 4.69) is 27.9 Å². The van der Waals surface area contributed by atoms with Crippen molar-refractivity contribution in [1.82, 2.24) is 19.8 Å². The number of aryl methyl sites for hydroxylation is 1. The second-order valence-corrected chi connectivity index (χ2v) is 10.1. The van der Waals surface area contributed by atoms with Gasteiger partial charge in [0.25, 0.3) is 12.3 Å². The van der Waals surface area contributed by atoms with Crippen molar-refractivity contribution in [2.75, 3.05) is 33.3 Å². The predicted molar refractivity (Wildman–Crippen MR) is 150 cm³/mol. The average molecular weight is 548 g/mol. The van der Waals surface area contributed by atoms with Crippen molar-refractivity contribution in [3.63, 3.8) is 0 Å². The van der Waals surface area contributed by atoms with Crippen LogP contribution in [0.3, 0.4) is 0 Å². The van der Waals surface area contributed by atoms with Gasteiger partial charge in [0.05, 0.1) is 18.3 Å². The molecule has 0 saturated carbocycles. The normalized spacial score (nSPS) is 13.9. The molecule has 1 unspecified atom stereocenters. The Morgan fingerprint density at radius 2 is 1.88 bits per heavy atom. The summed E-state index contributed by atoms with van der Waals surface area (Å²) in [5, 5.41) is 9.40. The first-order chi connectivity index (χ1) is 19.2. The molecule has 0 radical (unpaired) electrons. The van der Waals surface area contributed by atoms with Gasteiger partial charge in [-0.25, -0.2) is 8.78 Å². The highest BCUT2D eigenvalue weighted by atomic mass is 19.3. The fourth-order valence-corrected chi connectivity index (χ4v) is 5.09. The maximum Gasteiger partial charge on any atom is 0.265 e. The summed E-state index contributed by atoms with van der Waals surface area (Å²) in [5.41, 5.74) is 4.77. The van der Waals surface area contributed by atoms with Gasteiger partial charge in [-0.05, 0) is 81.6 Å². The fraction of sp³-hybridized carbons (Fsp3) is 0.419. The van der Waals surface area contributed by atoms with Gasteiger partial charge in [-0.2, -0.15) is 5.26 Å². The van der Waals surface area contributed by atoms with E-state index in [0.717, 1.165) is 24.2 Å². The number of alkyl halides is 2. The summed E-state index contributed by atoms with van der Waals surface area (Å²) >= 11 is 0. The Hall–Kier alpha value is -3.90. The van der Waals surface area contributed by atoms with Crippen LogP contribution in [-0.4, -0.2) is 59.0 Å². The molecule has 0 bridgehead atoms. The molecule has 3 heterocycles. The molecule has 1 amide bonds. The minimum atomic E-state index is -2.69. The van der Waals surface area contributed by atoms with Gasteiger partial charge < -0.3 is 14.5 Å². The largest absolute Gasteiger partial charge is 0.492 e. The number of nitriles is 1. The minimum absolute atomic E-state index is 0.135. The molecule has 0 saturated heterocycles. The van der Waals surface area contributed by atoms with Crippen molar-refractivity contribution in [3.8, 4) is 22.9 Å². The summed E-state index contributed by atoms with van der Waals surface area (Å²) in [7, 11) is 2.02. The van der Waals surface area contributed by atoms with Crippen molar-refractivity contribution >= 4 is 5.91 Å². The highest BCUT2D eigenvalue weighted by Crippen LogP contribution is 2.39. The van der Waals surface area contributed by atoms with E-state index >= 15 is 0 Å². The second-order valence-electron chi connectivity index (χ2n) is 10.1. The molecule has 210 valence electrons. The molecule has 0 N–H and O–H groups in total. The molecule has 1 atom stereocenters. The summed E-state index contributed by atoms with van der Waals surface area (Å²) < 4.78 is 33.8. The van der Waals surface area contributed by atoms with Gasteiger partial charge in [0.2, 0.25) is 0 Å². The third kappa shape index (κ3) is 5.97. The molecule has 40 heavy (non-hydrogen) atoms. The number of hydrogen-bond acceptors (Lipinski definition) is 6. The number of amides is 1. The number of benzene rings is 1. The first kappa shape index (κ1) is 29.1. The van der Waals surface area contributed by atoms with Crippen LogP contribution in [0.25, 0.3) is 11.1 Å². The molecule has 2 aromatic heterocycles. The molecule has 1 aromatic carbocycles. The van der Waals surface area contributed by atoms with Crippen LogP contribution in [0, 0.1) is 18.3 Å². The van der Waals surface area contributed by atoms with E-state index in [0.29, 0.717) is 65.4 Å². The van der Waals surface area contributed by atoms with E-state index in [1.165, 1.54) is 12.4 Å². The van der Waals surface area contributed by atoms with Crippen LogP contribution in [0.2, 0.25) is 0 Å². The van der Waals surface area contributed by atoms with Crippen molar-refractivity contribution in [3.05, 3.63) is 75.9 Å². The van der Waals surface area contributed by atoms with Crippen LogP contribution in [-0.2, 0) is 12.8 Å². The number of hydrogen-bond donors (Lipinski definition) is 0. The number of carbonyl (C=O) groups excluding carboxylic acids is 1. The van der Waals surface area contributed by atoms with Crippen molar-refractivity contribution in [1.29, 1.82) is 5.26 Å². The topological polar surface area (TPSA) is 82.3 Å². The standard InChI is InChI=1S/C31H35F2N5O2/c1-6-37(5)10-8-21-13-25(24-12-19(3)35-18-27(24)30(32)33)23-9-11-38(31(39)26(23)14-21)20(4)28-15-29(40-7-2)22(16-34)17-36-28/h12-15,17-18,20,30H,6-11H2,1-5H3. The Kier molecular flexibility index (Phi) is 9.10. The van der Waals surface area contributed by atoms with E-state index in [4.69, 9.17) is 4.74 Å². The van der Waals surface area contributed by atoms with Gasteiger partial charge >= 0.3 is 0 Å². The lowest BCUT2D eigenvalue weighted by Crippen LogP contribution is -2.40.